The van der Waals surface area contributed by atoms with Crippen LogP contribution < -0.4 is 10.6 Å². The van der Waals surface area contributed by atoms with E-state index in [1.54, 1.807) is 6.92 Å². The van der Waals surface area contributed by atoms with Crippen molar-refractivity contribution in [3.05, 3.63) is 59.7 Å². The van der Waals surface area contributed by atoms with Crippen LogP contribution in [0.15, 0.2) is 48.5 Å². The number of methoxy groups -OCH3 is 1. The largest absolute Gasteiger partial charge is 0.480 e. The minimum absolute atomic E-state index is 0.105. The van der Waals surface area contributed by atoms with Crippen LogP contribution in [-0.2, 0) is 19.1 Å². The molecular formula is C26H32N2O6. The van der Waals surface area contributed by atoms with Crippen LogP contribution in [0, 0.1) is 5.92 Å². The van der Waals surface area contributed by atoms with Gasteiger partial charge in [-0.15, -0.1) is 0 Å². The zero-order valence-electron chi connectivity index (χ0n) is 19.7. The third-order valence-corrected chi connectivity index (χ3v) is 6.34. The Morgan fingerprint density at radius 2 is 1.59 bits per heavy atom. The molecule has 1 aliphatic carbocycles. The number of hydrogen-bond acceptors (Lipinski definition) is 5. The number of alkyl carbamates (subject to hydrolysis) is 1. The fraction of sp³-hybridized carbons (Fsp3) is 0.423. The maximum atomic E-state index is 12.8. The van der Waals surface area contributed by atoms with E-state index in [4.69, 9.17) is 9.47 Å². The smallest absolute Gasteiger partial charge is 0.407 e. The van der Waals surface area contributed by atoms with Crippen molar-refractivity contribution in [1.82, 2.24) is 10.6 Å². The highest BCUT2D eigenvalue weighted by Crippen LogP contribution is 2.44. The molecule has 0 fully saturated rings. The lowest BCUT2D eigenvalue weighted by atomic mass is 9.98. The van der Waals surface area contributed by atoms with Gasteiger partial charge in [0.05, 0.1) is 0 Å². The minimum Gasteiger partial charge on any atom is -0.480 e. The average Bonchev–Trinajstić information content (AvgIpc) is 3.16. The first-order chi connectivity index (χ1) is 16.4. The summed E-state index contributed by atoms with van der Waals surface area (Å²) in [6, 6.07) is 14.0. The lowest BCUT2D eigenvalue weighted by Crippen LogP contribution is -2.53. The van der Waals surface area contributed by atoms with Gasteiger partial charge in [-0.1, -0.05) is 68.8 Å². The molecule has 3 rings (SSSR count). The summed E-state index contributed by atoms with van der Waals surface area (Å²) in [5.74, 6) is -2.07. The second-order valence-electron chi connectivity index (χ2n) is 8.51. The Morgan fingerprint density at radius 3 is 2.12 bits per heavy atom. The molecule has 0 aromatic heterocycles. The minimum atomic E-state index is -1.12. The number of ether oxygens (including phenoxy) is 2. The summed E-state index contributed by atoms with van der Waals surface area (Å²) in [6.45, 7) is 3.93. The molecule has 0 saturated heterocycles. The molecule has 8 nitrogen and oxygen atoms in total. The van der Waals surface area contributed by atoms with Crippen molar-refractivity contribution in [3.8, 4) is 11.1 Å². The van der Waals surface area contributed by atoms with E-state index in [0.29, 0.717) is 6.42 Å². The highest BCUT2D eigenvalue weighted by Gasteiger charge is 2.31. The van der Waals surface area contributed by atoms with Crippen LogP contribution in [0.3, 0.4) is 0 Å². The van der Waals surface area contributed by atoms with Gasteiger partial charge in [0.25, 0.3) is 0 Å². The quantitative estimate of drug-likeness (QED) is 0.465. The van der Waals surface area contributed by atoms with Crippen LogP contribution in [0.4, 0.5) is 4.79 Å². The Morgan fingerprint density at radius 1 is 1.00 bits per heavy atom. The Hall–Kier alpha value is -3.39. The van der Waals surface area contributed by atoms with Gasteiger partial charge in [0, 0.05) is 26.1 Å². The van der Waals surface area contributed by atoms with Crippen LogP contribution in [0.2, 0.25) is 0 Å². The Labute approximate surface area is 199 Å². The number of carboxylic acids is 1. The van der Waals surface area contributed by atoms with E-state index in [-0.39, 0.29) is 31.5 Å². The first-order valence-electron chi connectivity index (χ1n) is 11.5. The molecule has 3 N–H and O–H groups in total. The number of nitrogens with one attached hydrogen (secondary N) is 2. The van der Waals surface area contributed by atoms with Gasteiger partial charge in [-0.2, -0.15) is 0 Å². The average molecular weight is 469 g/mol. The van der Waals surface area contributed by atoms with Crippen molar-refractivity contribution in [2.24, 2.45) is 5.92 Å². The molecule has 2 amide bonds. The van der Waals surface area contributed by atoms with E-state index in [0.717, 1.165) is 22.3 Å². The van der Waals surface area contributed by atoms with Crippen LogP contribution in [0.25, 0.3) is 11.1 Å². The predicted octanol–water partition coefficient (Wildman–Crippen LogP) is 3.55. The second kappa shape index (κ2) is 11.7. The molecule has 3 atom stereocenters. The van der Waals surface area contributed by atoms with Crippen molar-refractivity contribution in [2.75, 3.05) is 20.3 Å². The van der Waals surface area contributed by atoms with Crippen LogP contribution >= 0.6 is 0 Å². The van der Waals surface area contributed by atoms with Crippen LogP contribution in [0.5, 0.6) is 0 Å². The topological polar surface area (TPSA) is 114 Å². The lowest BCUT2D eigenvalue weighted by Gasteiger charge is -2.24. The normalized spacial score (nSPS) is 14.9. The van der Waals surface area contributed by atoms with Gasteiger partial charge in [-0.25, -0.2) is 9.59 Å². The summed E-state index contributed by atoms with van der Waals surface area (Å²) in [7, 11) is 1.49. The van der Waals surface area contributed by atoms with Crippen molar-refractivity contribution in [3.63, 3.8) is 0 Å². The van der Waals surface area contributed by atoms with E-state index >= 15 is 0 Å². The molecule has 34 heavy (non-hydrogen) atoms. The molecule has 0 radical (unpaired) electrons. The summed E-state index contributed by atoms with van der Waals surface area (Å²) in [5, 5.41) is 14.6. The monoisotopic (exact) mass is 468 g/mol. The molecule has 0 aliphatic heterocycles. The van der Waals surface area contributed by atoms with Crippen molar-refractivity contribution >= 4 is 18.0 Å². The summed E-state index contributed by atoms with van der Waals surface area (Å²) >= 11 is 0. The van der Waals surface area contributed by atoms with E-state index in [2.05, 4.69) is 22.8 Å². The predicted molar refractivity (Wildman–Crippen MR) is 128 cm³/mol. The van der Waals surface area contributed by atoms with E-state index in [1.165, 1.54) is 7.11 Å². The van der Waals surface area contributed by atoms with Gasteiger partial charge in [0.15, 0.2) is 0 Å². The molecule has 2 aromatic rings. The number of hydrogen-bond donors (Lipinski definition) is 3. The number of benzene rings is 2. The first-order valence-corrected chi connectivity index (χ1v) is 11.5. The Bertz CT molecular complexity index is 978. The molecule has 1 aliphatic rings. The molecule has 2 aromatic carbocycles. The number of carboxylic acid groups (broad SMARTS) is 1. The van der Waals surface area contributed by atoms with Gasteiger partial charge in [-0.05, 0) is 28.2 Å². The van der Waals surface area contributed by atoms with Crippen molar-refractivity contribution in [1.29, 1.82) is 0 Å². The molecule has 0 heterocycles. The Balaban J connectivity index is 1.66. The zero-order valence-corrected chi connectivity index (χ0v) is 19.7. The maximum absolute atomic E-state index is 12.8. The van der Waals surface area contributed by atoms with Crippen molar-refractivity contribution in [2.45, 2.75) is 44.7 Å². The molecule has 1 unspecified atom stereocenters. The van der Waals surface area contributed by atoms with Gasteiger partial charge in [0.1, 0.15) is 18.7 Å². The molecular weight excluding hydrogens is 436 g/mol. The summed E-state index contributed by atoms with van der Waals surface area (Å²) < 4.78 is 10.6. The highest BCUT2D eigenvalue weighted by atomic mass is 16.5. The summed E-state index contributed by atoms with van der Waals surface area (Å²) in [6.07, 6.45) is 0.0210. The van der Waals surface area contributed by atoms with Gasteiger partial charge in [0.2, 0.25) is 5.91 Å². The fourth-order valence-corrected chi connectivity index (χ4v) is 4.22. The standard InChI is InChI=1S/C26H32N2O6/c1-4-16(2)23(25(30)31)28-24(29)22(13-14-33-3)27-26(32)34-15-21-19-11-7-5-9-17(19)18-10-6-8-12-20(18)21/h5-12,16,21-23H,4,13-15H2,1-3H3,(H,27,32)(H,28,29)(H,30,31)/t16-,22?,23-/m0/s1. The van der Waals surface area contributed by atoms with Gasteiger partial charge >= 0.3 is 12.1 Å². The number of carbonyl (C=O) groups is 3. The lowest BCUT2D eigenvalue weighted by molar-refractivity contribution is -0.143. The fourth-order valence-electron chi connectivity index (χ4n) is 4.22. The second-order valence-corrected chi connectivity index (χ2v) is 8.51. The Kier molecular flexibility index (Phi) is 8.65. The molecule has 0 saturated carbocycles. The summed E-state index contributed by atoms with van der Waals surface area (Å²) in [4.78, 5) is 37.0. The third-order valence-electron chi connectivity index (χ3n) is 6.34. The summed E-state index contributed by atoms with van der Waals surface area (Å²) in [5.41, 5.74) is 4.41. The van der Waals surface area contributed by atoms with E-state index < -0.39 is 30.1 Å². The number of carbonyl (C=O) groups excluding carboxylic acids is 2. The molecule has 0 bridgehead atoms. The number of rotatable bonds is 11. The molecule has 0 spiro atoms. The number of fused-ring (bicyclic) bond motifs is 3. The number of aliphatic carboxylic acids is 1. The van der Waals surface area contributed by atoms with E-state index in [9.17, 15) is 19.5 Å². The maximum Gasteiger partial charge on any atom is 0.407 e. The third kappa shape index (κ3) is 5.75. The van der Waals surface area contributed by atoms with Crippen LogP contribution in [-0.4, -0.2) is 55.5 Å². The van der Waals surface area contributed by atoms with Crippen molar-refractivity contribution < 1.29 is 29.0 Å². The zero-order chi connectivity index (χ0) is 24.7. The SMILES string of the molecule is CC[C@H](C)[C@H](NC(=O)C(CCOC)NC(=O)OCC1c2ccccc2-c2ccccc21)C(=O)O. The van der Waals surface area contributed by atoms with E-state index in [1.807, 2.05) is 43.3 Å². The van der Waals surface area contributed by atoms with Crippen LogP contribution in [0.1, 0.15) is 43.7 Å². The highest BCUT2D eigenvalue weighted by molar-refractivity contribution is 5.89. The molecule has 182 valence electrons. The number of amides is 2. The molecule has 8 heteroatoms. The van der Waals surface area contributed by atoms with Gasteiger partial charge < -0.3 is 25.2 Å². The van der Waals surface area contributed by atoms with Gasteiger partial charge in [-0.3, -0.25) is 4.79 Å². The first kappa shape index (κ1) is 25.2.